The molecule has 0 saturated carbocycles. The molecule has 0 amide bonds. The van der Waals surface area contributed by atoms with Gasteiger partial charge in [-0.25, -0.2) is 0 Å². The third-order valence-corrected chi connectivity index (χ3v) is 7.19. The van der Waals surface area contributed by atoms with Crippen LogP contribution in [0.4, 0.5) is 0 Å². The van der Waals surface area contributed by atoms with E-state index in [-0.39, 0.29) is 23.0 Å². The molecular weight excluding hydrogens is 272 g/mol. The molecule has 0 aliphatic carbocycles. The van der Waals surface area contributed by atoms with Crippen LogP contribution in [-0.4, -0.2) is 34.3 Å². The maximum atomic E-state index is 12.2. The van der Waals surface area contributed by atoms with Gasteiger partial charge in [0.05, 0.1) is 22.4 Å². The predicted octanol–water partition coefficient (Wildman–Crippen LogP) is 1.44. The summed E-state index contributed by atoms with van der Waals surface area (Å²) < 4.78 is 17.8. The number of ether oxygens (including phenoxy) is 3. The largest absolute Gasteiger partial charge is 0.393 e. The molecule has 0 aromatic rings. The predicted molar refractivity (Wildman–Crippen MR) is 70.1 cm³/mol. The Morgan fingerprint density at radius 1 is 0.810 bits per heavy atom. The van der Waals surface area contributed by atoms with E-state index in [1.165, 1.54) is 0 Å². The summed E-state index contributed by atoms with van der Waals surface area (Å²) in [6, 6.07) is 0. The second kappa shape index (κ2) is 2.93. The number of hydrogen-bond acceptors (Lipinski definition) is 5. The van der Waals surface area contributed by atoms with Crippen LogP contribution in [0.3, 0.4) is 0 Å². The molecule has 0 radical (unpaired) electrons. The summed E-state index contributed by atoms with van der Waals surface area (Å²) in [5.74, 6) is -1.47. The Hall–Kier alpha value is -0.940. The average molecular weight is 292 g/mol. The van der Waals surface area contributed by atoms with E-state index in [4.69, 9.17) is 14.2 Å². The topological polar surface area (TPSA) is 61.8 Å². The van der Waals surface area contributed by atoms with Crippen LogP contribution >= 0.6 is 0 Å². The molecule has 5 fully saturated rings. The van der Waals surface area contributed by atoms with Crippen LogP contribution in [0.5, 0.6) is 0 Å². The molecule has 0 aromatic heterocycles. The minimum atomic E-state index is -0.653. The van der Waals surface area contributed by atoms with E-state index >= 15 is 0 Å². The van der Waals surface area contributed by atoms with Crippen LogP contribution in [0.15, 0.2) is 0 Å². The number of cyclic esters (lactones) is 2. The summed E-state index contributed by atoms with van der Waals surface area (Å²) in [6.45, 7) is 8.25. The number of hydrogen-bond donors (Lipinski definition) is 0. The van der Waals surface area contributed by atoms with Crippen molar-refractivity contribution >= 4 is 11.9 Å². The smallest absolute Gasteiger partial charge is 0.320 e. The maximum absolute atomic E-state index is 12.2. The van der Waals surface area contributed by atoms with Crippen molar-refractivity contribution < 1.29 is 23.8 Å². The highest BCUT2D eigenvalue weighted by molar-refractivity contribution is 5.99. The normalized spacial score (nSPS) is 66.7. The lowest BCUT2D eigenvalue weighted by atomic mass is 9.50. The molecule has 5 heteroatoms. The van der Waals surface area contributed by atoms with Gasteiger partial charge in [0.1, 0.15) is 11.8 Å². The van der Waals surface area contributed by atoms with Gasteiger partial charge in [0, 0.05) is 11.8 Å². The number of esters is 2. The second-order valence-corrected chi connectivity index (χ2v) is 8.35. The molecule has 0 spiro atoms. The van der Waals surface area contributed by atoms with E-state index in [0.717, 1.165) is 12.8 Å². The Morgan fingerprint density at radius 2 is 1.24 bits per heavy atom. The van der Waals surface area contributed by atoms with Crippen LogP contribution in [0.25, 0.3) is 0 Å². The van der Waals surface area contributed by atoms with E-state index in [1.54, 1.807) is 0 Å². The molecule has 8 atom stereocenters. The fourth-order valence-corrected chi connectivity index (χ4v) is 6.89. The molecule has 114 valence electrons. The summed E-state index contributed by atoms with van der Waals surface area (Å²) in [4.78, 5) is 24.4. The monoisotopic (exact) mass is 292 g/mol. The fraction of sp³-hybridized carbons (Fsp3) is 0.875. The van der Waals surface area contributed by atoms with Crippen molar-refractivity contribution in [3.05, 3.63) is 0 Å². The van der Waals surface area contributed by atoms with Crippen molar-refractivity contribution in [2.45, 2.75) is 62.9 Å². The number of carbonyl (C=O) groups excluding carboxylic acids is 2. The zero-order chi connectivity index (χ0) is 15.0. The Labute approximate surface area is 123 Å². The lowest BCUT2D eigenvalue weighted by Crippen LogP contribution is -2.59. The van der Waals surface area contributed by atoms with Gasteiger partial charge in [0.15, 0.2) is 0 Å². The highest BCUT2D eigenvalue weighted by Gasteiger charge is 2.87. The summed E-state index contributed by atoms with van der Waals surface area (Å²) in [6.07, 6.45) is 1.97. The number of carbonyl (C=O) groups is 2. The summed E-state index contributed by atoms with van der Waals surface area (Å²) in [5.41, 5.74) is -1.83. The second-order valence-electron chi connectivity index (χ2n) is 8.35. The Bertz CT molecular complexity index is 566. The van der Waals surface area contributed by atoms with Crippen molar-refractivity contribution in [2.24, 2.45) is 23.7 Å². The average Bonchev–Trinajstić information content (AvgIpc) is 3.02. The van der Waals surface area contributed by atoms with Crippen LogP contribution < -0.4 is 0 Å². The third-order valence-electron chi connectivity index (χ3n) is 7.19. The van der Waals surface area contributed by atoms with E-state index in [1.807, 2.05) is 13.8 Å². The fourth-order valence-electron chi connectivity index (χ4n) is 6.89. The molecule has 5 nitrogen and oxygen atoms in total. The first-order chi connectivity index (χ1) is 9.66. The van der Waals surface area contributed by atoms with Gasteiger partial charge in [-0.05, 0) is 40.5 Å². The molecule has 5 aliphatic rings. The zero-order valence-electron chi connectivity index (χ0n) is 12.8. The first-order valence-electron chi connectivity index (χ1n) is 7.82. The quantitative estimate of drug-likeness (QED) is 0.499. The van der Waals surface area contributed by atoms with E-state index < -0.39 is 35.0 Å². The zero-order valence-corrected chi connectivity index (χ0v) is 12.8. The highest BCUT2D eigenvalue weighted by atomic mass is 16.6. The van der Waals surface area contributed by atoms with Gasteiger partial charge >= 0.3 is 11.9 Å². The van der Waals surface area contributed by atoms with Crippen LogP contribution in [0, 0.1) is 23.7 Å². The molecule has 8 unspecified atom stereocenters. The van der Waals surface area contributed by atoms with Crippen molar-refractivity contribution in [3.8, 4) is 0 Å². The molecule has 5 saturated heterocycles. The molecule has 0 aromatic carbocycles. The standard InChI is InChI=1S/C16H20O5/c1-13-5-6-14(2,20-13)10-9(13)15(3)7-8(16(10,4)21-15)12(18)19-11(7)17/h7-10H,5-6H2,1-4H3. The van der Waals surface area contributed by atoms with Crippen molar-refractivity contribution in [1.82, 2.24) is 0 Å². The SMILES string of the molecule is CC12CCC(C)(O1)C1C2C2(C)OC1(C)C1C(=O)OC(=O)C12. The first-order valence-corrected chi connectivity index (χ1v) is 7.82. The molecule has 0 N–H and O–H groups in total. The molecule has 21 heavy (non-hydrogen) atoms. The minimum Gasteiger partial charge on any atom is -0.393 e. The van der Waals surface area contributed by atoms with Crippen LogP contribution in [-0.2, 0) is 23.8 Å². The van der Waals surface area contributed by atoms with E-state index in [9.17, 15) is 9.59 Å². The Balaban J connectivity index is 1.76. The van der Waals surface area contributed by atoms with Crippen LogP contribution in [0.1, 0.15) is 40.5 Å². The molecule has 5 heterocycles. The lowest BCUT2D eigenvalue weighted by molar-refractivity contribution is -0.170. The molecule has 4 bridgehead atoms. The lowest BCUT2D eigenvalue weighted by Gasteiger charge is -2.46. The Kier molecular flexibility index (Phi) is 1.76. The van der Waals surface area contributed by atoms with Crippen molar-refractivity contribution in [2.75, 3.05) is 0 Å². The maximum Gasteiger partial charge on any atom is 0.320 e. The van der Waals surface area contributed by atoms with E-state index in [0.29, 0.717) is 0 Å². The molecule has 5 rings (SSSR count). The van der Waals surface area contributed by atoms with E-state index in [2.05, 4.69) is 13.8 Å². The first kappa shape index (κ1) is 12.6. The Morgan fingerprint density at radius 3 is 1.67 bits per heavy atom. The van der Waals surface area contributed by atoms with Gasteiger partial charge in [-0.3, -0.25) is 9.59 Å². The highest BCUT2D eigenvalue weighted by Crippen LogP contribution is 2.76. The number of fused-ring (bicyclic) bond motifs is 12. The van der Waals surface area contributed by atoms with Gasteiger partial charge in [-0.1, -0.05) is 0 Å². The van der Waals surface area contributed by atoms with Gasteiger partial charge < -0.3 is 14.2 Å². The van der Waals surface area contributed by atoms with Crippen molar-refractivity contribution in [3.63, 3.8) is 0 Å². The summed E-state index contributed by atoms with van der Waals surface area (Å²) in [5, 5.41) is 0. The molecule has 5 aliphatic heterocycles. The summed E-state index contributed by atoms with van der Waals surface area (Å²) >= 11 is 0. The molecular formula is C16H20O5. The van der Waals surface area contributed by atoms with Gasteiger partial charge in [-0.15, -0.1) is 0 Å². The van der Waals surface area contributed by atoms with Crippen LogP contribution in [0.2, 0.25) is 0 Å². The van der Waals surface area contributed by atoms with Crippen molar-refractivity contribution in [1.29, 1.82) is 0 Å². The van der Waals surface area contributed by atoms with Gasteiger partial charge in [-0.2, -0.15) is 0 Å². The third kappa shape index (κ3) is 1.01. The van der Waals surface area contributed by atoms with Gasteiger partial charge in [0.2, 0.25) is 0 Å². The minimum absolute atomic E-state index is 0.147. The summed E-state index contributed by atoms with van der Waals surface area (Å²) in [7, 11) is 0. The van der Waals surface area contributed by atoms with Gasteiger partial charge in [0.25, 0.3) is 0 Å². The number of rotatable bonds is 0.